The van der Waals surface area contributed by atoms with Gasteiger partial charge in [-0.15, -0.1) is 0 Å². The van der Waals surface area contributed by atoms with E-state index in [-0.39, 0.29) is 6.54 Å². The van der Waals surface area contributed by atoms with Gasteiger partial charge in [-0.1, -0.05) is 12.8 Å². The van der Waals surface area contributed by atoms with Crippen LogP contribution in [0.1, 0.15) is 36.8 Å². The molecule has 1 unspecified atom stereocenters. The Hall–Kier alpha value is -1.93. The van der Waals surface area contributed by atoms with Crippen molar-refractivity contribution in [1.82, 2.24) is 4.90 Å². The van der Waals surface area contributed by atoms with Crippen LogP contribution >= 0.6 is 0 Å². The van der Waals surface area contributed by atoms with E-state index in [0.29, 0.717) is 24.1 Å². The topological polar surface area (TPSA) is 64.3 Å². The molecule has 1 atom stereocenters. The zero-order chi connectivity index (χ0) is 14.5. The van der Waals surface area contributed by atoms with E-state index in [1.807, 2.05) is 6.07 Å². The smallest absolute Gasteiger partial charge is 0.320 e. The Morgan fingerprint density at radius 2 is 2.25 bits per heavy atom. The Bertz CT molecular complexity index is 539. The molecular weight excluding hydrogens is 259 g/mol. The van der Waals surface area contributed by atoms with Gasteiger partial charge in [0.25, 0.3) is 0 Å². The Kier molecular flexibility index (Phi) is 4.70. The van der Waals surface area contributed by atoms with Gasteiger partial charge in [-0.3, -0.25) is 9.69 Å². The number of hydrogen-bond acceptors (Lipinski definition) is 3. The van der Waals surface area contributed by atoms with Crippen molar-refractivity contribution in [1.29, 1.82) is 5.26 Å². The second-order valence-corrected chi connectivity index (χ2v) is 5.09. The summed E-state index contributed by atoms with van der Waals surface area (Å²) in [4.78, 5) is 13.1. The molecule has 1 aliphatic rings. The zero-order valence-corrected chi connectivity index (χ0v) is 11.2. The van der Waals surface area contributed by atoms with Crippen LogP contribution in [0.25, 0.3) is 0 Å². The van der Waals surface area contributed by atoms with Crippen molar-refractivity contribution in [2.75, 3.05) is 6.54 Å². The minimum absolute atomic E-state index is 0.234. The van der Waals surface area contributed by atoms with Crippen molar-refractivity contribution >= 4 is 5.97 Å². The molecule has 0 amide bonds. The largest absolute Gasteiger partial charge is 0.480 e. The van der Waals surface area contributed by atoms with Gasteiger partial charge in [0.15, 0.2) is 0 Å². The van der Waals surface area contributed by atoms with Crippen LogP contribution in [-0.4, -0.2) is 28.6 Å². The lowest BCUT2D eigenvalue weighted by molar-refractivity contribution is -0.143. The molecular formula is C15H17FN2O2. The number of nitriles is 1. The number of hydrogen-bond donors (Lipinski definition) is 1. The molecule has 2 rings (SSSR count). The molecule has 1 heterocycles. The van der Waals surface area contributed by atoms with Crippen LogP contribution in [0.15, 0.2) is 18.2 Å². The Morgan fingerprint density at radius 3 is 2.95 bits per heavy atom. The van der Waals surface area contributed by atoms with E-state index in [1.165, 1.54) is 18.2 Å². The van der Waals surface area contributed by atoms with Crippen molar-refractivity contribution < 1.29 is 14.3 Å². The second-order valence-electron chi connectivity index (χ2n) is 5.09. The van der Waals surface area contributed by atoms with E-state index in [2.05, 4.69) is 0 Å². The number of rotatable bonds is 3. The number of carbonyl (C=O) groups is 1. The van der Waals surface area contributed by atoms with Crippen molar-refractivity contribution in [2.24, 2.45) is 0 Å². The van der Waals surface area contributed by atoms with Crippen LogP contribution in [0.5, 0.6) is 0 Å². The summed E-state index contributed by atoms with van der Waals surface area (Å²) in [7, 11) is 0. The summed E-state index contributed by atoms with van der Waals surface area (Å²) in [5.74, 6) is -1.25. The summed E-state index contributed by atoms with van der Waals surface area (Å²) in [5, 5.41) is 18.2. The van der Waals surface area contributed by atoms with Gasteiger partial charge < -0.3 is 5.11 Å². The van der Waals surface area contributed by atoms with Gasteiger partial charge in [-0.25, -0.2) is 4.39 Å². The third-order valence-corrected chi connectivity index (χ3v) is 3.70. The van der Waals surface area contributed by atoms with Crippen LogP contribution < -0.4 is 0 Å². The maximum Gasteiger partial charge on any atom is 0.320 e. The van der Waals surface area contributed by atoms with Gasteiger partial charge in [0, 0.05) is 12.1 Å². The molecule has 0 aromatic heterocycles. The molecule has 1 aromatic rings. The number of carboxylic acid groups (broad SMARTS) is 1. The average Bonchev–Trinajstić information content (AvgIpc) is 2.66. The van der Waals surface area contributed by atoms with Crippen molar-refractivity contribution in [3.63, 3.8) is 0 Å². The van der Waals surface area contributed by atoms with E-state index >= 15 is 0 Å². The second kappa shape index (κ2) is 6.49. The monoisotopic (exact) mass is 276 g/mol. The summed E-state index contributed by atoms with van der Waals surface area (Å²) >= 11 is 0. The first-order valence-corrected chi connectivity index (χ1v) is 6.77. The van der Waals surface area contributed by atoms with E-state index in [4.69, 9.17) is 5.26 Å². The minimum Gasteiger partial charge on any atom is -0.480 e. The lowest BCUT2D eigenvalue weighted by Crippen LogP contribution is -2.40. The molecule has 5 heteroatoms. The van der Waals surface area contributed by atoms with E-state index < -0.39 is 17.8 Å². The highest BCUT2D eigenvalue weighted by atomic mass is 19.1. The van der Waals surface area contributed by atoms with Gasteiger partial charge in [0.05, 0.1) is 11.6 Å². The summed E-state index contributed by atoms with van der Waals surface area (Å²) in [6.45, 7) is 0.880. The van der Waals surface area contributed by atoms with Crippen molar-refractivity contribution in [2.45, 2.75) is 38.3 Å². The van der Waals surface area contributed by atoms with Gasteiger partial charge in [0.2, 0.25) is 0 Å². The first-order chi connectivity index (χ1) is 9.61. The molecule has 0 spiro atoms. The fourth-order valence-electron chi connectivity index (χ4n) is 2.62. The van der Waals surface area contributed by atoms with Crippen molar-refractivity contribution in [3.8, 4) is 6.07 Å². The molecule has 0 bridgehead atoms. The third kappa shape index (κ3) is 3.34. The van der Waals surface area contributed by atoms with Gasteiger partial charge in [-0.05, 0) is 37.6 Å². The summed E-state index contributed by atoms with van der Waals surface area (Å²) in [5.41, 5.74) is 0.778. The fraction of sp³-hybridized carbons (Fsp3) is 0.467. The first-order valence-electron chi connectivity index (χ1n) is 6.77. The standard InChI is InChI=1S/C15H17FN2O2/c16-13-6-5-11(9-17)8-12(13)10-18-7-3-1-2-4-14(18)15(19)20/h5-6,8,14H,1-4,7,10H2,(H,19,20). The van der Waals surface area contributed by atoms with Crippen LogP contribution in [-0.2, 0) is 11.3 Å². The molecule has 0 radical (unpaired) electrons. The van der Waals surface area contributed by atoms with Crippen molar-refractivity contribution in [3.05, 3.63) is 35.1 Å². The molecule has 4 nitrogen and oxygen atoms in total. The van der Waals surface area contributed by atoms with E-state index in [1.54, 1.807) is 4.90 Å². The highest BCUT2D eigenvalue weighted by Crippen LogP contribution is 2.21. The molecule has 1 aliphatic heterocycles. The Morgan fingerprint density at radius 1 is 1.45 bits per heavy atom. The minimum atomic E-state index is -0.858. The van der Waals surface area contributed by atoms with Crippen LogP contribution in [0.3, 0.4) is 0 Å². The predicted octanol–water partition coefficient (Wildman–Crippen LogP) is 2.53. The maximum atomic E-state index is 13.8. The summed E-state index contributed by atoms with van der Waals surface area (Å²) < 4.78 is 13.8. The van der Waals surface area contributed by atoms with Gasteiger partial charge >= 0.3 is 5.97 Å². The van der Waals surface area contributed by atoms with Gasteiger partial charge in [0.1, 0.15) is 11.9 Å². The first kappa shape index (κ1) is 14.5. The van der Waals surface area contributed by atoms with E-state index in [0.717, 1.165) is 19.3 Å². The number of aliphatic carboxylic acids is 1. The average molecular weight is 276 g/mol. The van der Waals surface area contributed by atoms with Crippen LogP contribution in [0.2, 0.25) is 0 Å². The molecule has 20 heavy (non-hydrogen) atoms. The number of likely N-dealkylation sites (tertiary alicyclic amines) is 1. The Labute approximate surface area is 117 Å². The molecule has 1 N–H and O–H groups in total. The molecule has 0 saturated carbocycles. The zero-order valence-electron chi connectivity index (χ0n) is 11.2. The molecule has 0 aliphatic carbocycles. The quantitative estimate of drug-likeness (QED) is 0.921. The third-order valence-electron chi connectivity index (χ3n) is 3.70. The lowest BCUT2D eigenvalue weighted by atomic mass is 10.1. The van der Waals surface area contributed by atoms with Gasteiger partial charge in [-0.2, -0.15) is 5.26 Å². The van der Waals surface area contributed by atoms with Crippen LogP contribution in [0, 0.1) is 17.1 Å². The fourth-order valence-corrected chi connectivity index (χ4v) is 2.62. The molecule has 1 saturated heterocycles. The normalized spacial score (nSPS) is 20.1. The number of carboxylic acids is 1. The number of halogens is 1. The molecule has 1 aromatic carbocycles. The predicted molar refractivity (Wildman–Crippen MR) is 71.4 cm³/mol. The number of nitrogens with zero attached hydrogens (tertiary/aromatic N) is 2. The molecule has 106 valence electrons. The summed E-state index contributed by atoms with van der Waals surface area (Å²) in [6, 6.07) is 5.60. The SMILES string of the molecule is N#Cc1ccc(F)c(CN2CCCCCC2C(=O)O)c1. The maximum absolute atomic E-state index is 13.8. The highest BCUT2D eigenvalue weighted by molar-refractivity contribution is 5.73. The number of benzene rings is 1. The lowest BCUT2D eigenvalue weighted by Gasteiger charge is -2.26. The highest BCUT2D eigenvalue weighted by Gasteiger charge is 2.27. The Balaban J connectivity index is 2.22. The molecule has 1 fully saturated rings. The van der Waals surface area contributed by atoms with Crippen LogP contribution in [0.4, 0.5) is 4.39 Å². The van der Waals surface area contributed by atoms with E-state index in [9.17, 15) is 14.3 Å². The summed E-state index contributed by atoms with van der Waals surface area (Å²) in [6.07, 6.45) is 3.40.